The van der Waals surface area contributed by atoms with Crippen LogP contribution in [-0.2, 0) is 32.7 Å². The van der Waals surface area contributed by atoms with Crippen molar-refractivity contribution >= 4 is 17.5 Å². The molecule has 8 nitrogen and oxygen atoms in total. The second-order valence-corrected chi connectivity index (χ2v) is 9.83. The predicted molar refractivity (Wildman–Crippen MR) is 128 cm³/mol. The number of nitrogens with one attached hydrogen (secondary N) is 1. The Morgan fingerprint density at radius 2 is 1.97 bits per heavy atom. The highest BCUT2D eigenvalue weighted by molar-refractivity contribution is 5.78. The second-order valence-electron chi connectivity index (χ2n) is 9.83. The topological polar surface area (TPSA) is 71.2 Å². The van der Waals surface area contributed by atoms with Crippen LogP contribution < -0.4 is 10.2 Å². The number of urea groups is 1. The van der Waals surface area contributed by atoms with Crippen molar-refractivity contribution in [2.24, 2.45) is 7.05 Å². The molecule has 6 rings (SSSR count). The van der Waals surface area contributed by atoms with Gasteiger partial charge in [0.1, 0.15) is 5.82 Å². The fourth-order valence-corrected chi connectivity index (χ4v) is 5.47. The van der Waals surface area contributed by atoms with E-state index in [1.54, 1.807) is 31.3 Å². The van der Waals surface area contributed by atoms with Gasteiger partial charge in [0.15, 0.2) is 5.82 Å². The first kappa shape index (κ1) is 22.9. The number of nitrogens with zero attached hydrogens (tertiary/aromatic N) is 6. The minimum absolute atomic E-state index is 0.146. The SMILES string of the molecule is CNC(=O)N1CCn2c(C3CC3)nc(N3CCCc4cc(-c5cnn(C)c5)c(C(F)(F)F)cc43)c2C1. The van der Waals surface area contributed by atoms with E-state index in [9.17, 15) is 18.0 Å². The van der Waals surface area contributed by atoms with Gasteiger partial charge in [-0.1, -0.05) is 0 Å². The number of amides is 2. The Bertz CT molecular complexity index is 1340. The number of benzene rings is 1. The number of halogens is 3. The van der Waals surface area contributed by atoms with E-state index >= 15 is 0 Å². The van der Waals surface area contributed by atoms with Gasteiger partial charge < -0.3 is 19.7 Å². The second kappa shape index (κ2) is 8.28. The lowest BCUT2D eigenvalue weighted by Gasteiger charge is -2.34. The Labute approximate surface area is 206 Å². The van der Waals surface area contributed by atoms with Gasteiger partial charge in [-0.3, -0.25) is 4.68 Å². The molecule has 4 heterocycles. The molecule has 1 N–H and O–H groups in total. The Hall–Kier alpha value is -3.50. The lowest BCUT2D eigenvalue weighted by Crippen LogP contribution is -2.43. The van der Waals surface area contributed by atoms with E-state index in [-0.39, 0.29) is 11.6 Å². The van der Waals surface area contributed by atoms with Crippen LogP contribution in [0.4, 0.5) is 29.5 Å². The molecule has 1 fully saturated rings. The Balaban J connectivity index is 1.48. The van der Waals surface area contributed by atoms with Gasteiger partial charge >= 0.3 is 12.2 Å². The molecule has 0 bridgehead atoms. The highest BCUT2D eigenvalue weighted by atomic mass is 19.4. The molecule has 1 aromatic carbocycles. The molecule has 2 aromatic heterocycles. The first-order chi connectivity index (χ1) is 17.2. The molecule has 0 atom stereocenters. The number of hydrogen-bond donors (Lipinski definition) is 1. The van der Waals surface area contributed by atoms with Crippen LogP contribution in [0.25, 0.3) is 11.1 Å². The van der Waals surface area contributed by atoms with Crippen LogP contribution in [0.2, 0.25) is 0 Å². The van der Waals surface area contributed by atoms with Crippen molar-refractivity contribution in [3.63, 3.8) is 0 Å². The average Bonchev–Trinajstić information content (AvgIpc) is 3.50. The zero-order valence-corrected chi connectivity index (χ0v) is 20.3. The molecule has 0 saturated heterocycles. The van der Waals surface area contributed by atoms with Gasteiger partial charge in [-0.25, -0.2) is 9.78 Å². The highest BCUT2D eigenvalue weighted by Gasteiger charge is 2.39. The number of anilines is 2. The number of fused-ring (bicyclic) bond motifs is 2. The smallest absolute Gasteiger partial charge is 0.341 e. The quantitative estimate of drug-likeness (QED) is 0.579. The summed E-state index contributed by atoms with van der Waals surface area (Å²) in [5, 5.41) is 6.76. The van der Waals surface area contributed by atoms with Crippen molar-refractivity contribution in [2.45, 2.75) is 50.9 Å². The van der Waals surface area contributed by atoms with Gasteiger partial charge in [0.25, 0.3) is 0 Å². The lowest BCUT2D eigenvalue weighted by molar-refractivity contribution is -0.137. The summed E-state index contributed by atoms with van der Waals surface area (Å²) in [6.45, 7) is 2.16. The number of carbonyl (C=O) groups excluding carboxylic acids is 1. The first-order valence-electron chi connectivity index (χ1n) is 12.3. The molecule has 190 valence electrons. The number of aromatic nitrogens is 4. The maximum absolute atomic E-state index is 14.3. The summed E-state index contributed by atoms with van der Waals surface area (Å²) in [6, 6.07) is 2.78. The molecule has 11 heteroatoms. The number of hydrogen-bond acceptors (Lipinski definition) is 4. The fourth-order valence-electron chi connectivity index (χ4n) is 5.47. The molecule has 2 aliphatic heterocycles. The van der Waals surface area contributed by atoms with Crippen LogP contribution >= 0.6 is 0 Å². The summed E-state index contributed by atoms with van der Waals surface area (Å²) in [5.74, 6) is 2.05. The van der Waals surface area contributed by atoms with Crippen LogP contribution in [-0.4, -0.2) is 50.4 Å². The summed E-state index contributed by atoms with van der Waals surface area (Å²) in [7, 11) is 3.29. The Morgan fingerprint density at radius 3 is 2.64 bits per heavy atom. The van der Waals surface area contributed by atoms with Gasteiger partial charge in [0, 0.05) is 57.1 Å². The fraction of sp³-hybridized carbons (Fsp3) is 0.480. The molecule has 0 unspecified atom stereocenters. The number of imidazole rings is 1. The van der Waals surface area contributed by atoms with E-state index in [0.717, 1.165) is 36.3 Å². The van der Waals surface area contributed by atoms with Gasteiger partial charge in [0.05, 0.1) is 24.0 Å². The minimum atomic E-state index is -4.52. The molecule has 2 amide bonds. The molecule has 3 aromatic rings. The molecule has 36 heavy (non-hydrogen) atoms. The number of carbonyl (C=O) groups is 1. The molecular weight excluding hydrogens is 471 g/mol. The van der Waals surface area contributed by atoms with E-state index in [2.05, 4.69) is 15.0 Å². The molecule has 0 spiro atoms. The maximum atomic E-state index is 14.3. The number of rotatable bonds is 3. The third-order valence-corrected chi connectivity index (χ3v) is 7.37. The predicted octanol–water partition coefficient (Wildman–Crippen LogP) is 4.42. The molecule has 0 radical (unpaired) electrons. The molecule has 1 aliphatic carbocycles. The average molecular weight is 500 g/mol. The Morgan fingerprint density at radius 1 is 1.17 bits per heavy atom. The van der Waals surface area contributed by atoms with Gasteiger partial charge in [-0.2, -0.15) is 18.3 Å². The zero-order chi connectivity index (χ0) is 25.2. The number of aryl methyl sites for hydroxylation is 2. The summed E-state index contributed by atoms with van der Waals surface area (Å²) in [5.41, 5.74) is 2.21. The van der Waals surface area contributed by atoms with Crippen molar-refractivity contribution < 1.29 is 18.0 Å². The normalized spacial score (nSPS) is 17.7. The van der Waals surface area contributed by atoms with Crippen molar-refractivity contribution in [3.05, 3.63) is 47.2 Å². The summed E-state index contributed by atoms with van der Waals surface area (Å²) in [4.78, 5) is 21.1. The minimum Gasteiger partial charge on any atom is -0.341 e. The van der Waals surface area contributed by atoms with E-state index < -0.39 is 11.7 Å². The van der Waals surface area contributed by atoms with Gasteiger partial charge in [-0.05, 0) is 48.9 Å². The van der Waals surface area contributed by atoms with E-state index in [4.69, 9.17) is 4.98 Å². The van der Waals surface area contributed by atoms with Crippen LogP contribution in [0.1, 0.15) is 47.8 Å². The van der Waals surface area contributed by atoms with Crippen molar-refractivity contribution in [2.75, 3.05) is 25.0 Å². The molecular formula is C25H28F3N7O. The number of alkyl halides is 3. The first-order valence-corrected chi connectivity index (χ1v) is 12.3. The largest absolute Gasteiger partial charge is 0.417 e. The third kappa shape index (κ3) is 3.81. The Kier molecular flexibility index (Phi) is 5.27. The summed E-state index contributed by atoms with van der Waals surface area (Å²) in [6.07, 6.45) is 2.18. The van der Waals surface area contributed by atoms with E-state index in [1.807, 2.05) is 4.90 Å². The summed E-state index contributed by atoms with van der Waals surface area (Å²) < 4.78 is 46.6. The van der Waals surface area contributed by atoms with Gasteiger partial charge in [-0.15, -0.1) is 0 Å². The maximum Gasteiger partial charge on any atom is 0.417 e. The van der Waals surface area contributed by atoms with Crippen LogP contribution in [0.3, 0.4) is 0 Å². The van der Waals surface area contributed by atoms with Crippen molar-refractivity contribution in [1.29, 1.82) is 0 Å². The van der Waals surface area contributed by atoms with Crippen LogP contribution in [0.5, 0.6) is 0 Å². The molecule has 3 aliphatic rings. The van der Waals surface area contributed by atoms with Crippen LogP contribution in [0.15, 0.2) is 24.5 Å². The van der Waals surface area contributed by atoms with Gasteiger partial charge in [0.2, 0.25) is 0 Å². The van der Waals surface area contributed by atoms with E-state index in [0.29, 0.717) is 55.6 Å². The van der Waals surface area contributed by atoms with E-state index in [1.165, 1.54) is 16.9 Å². The monoisotopic (exact) mass is 499 g/mol. The van der Waals surface area contributed by atoms with Crippen molar-refractivity contribution in [1.82, 2.24) is 29.5 Å². The van der Waals surface area contributed by atoms with Crippen molar-refractivity contribution in [3.8, 4) is 11.1 Å². The zero-order valence-electron chi connectivity index (χ0n) is 20.3. The highest BCUT2D eigenvalue weighted by Crippen LogP contribution is 2.47. The summed E-state index contributed by atoms with van der Waals surface area (Å²) >= 11 is 0. The third-order valence-electron chi connectivity index (χ3n) is 7.37. The standard InChI is InChI=1S/C25H28F3N7O/c1-29-24(36)33-8-9-35-21(14-33)23(31-22(35)15-5-6-15)34-7-3-4-16-10-18(17-12-30-32(2)13-17)19(11-20(16)34)25(26,27)28/h10-13,15H,3-9,14H2,1-2H3,(H,29,36). The van der Waals surface area contributed by atoms with Crippen LogP contribution in [0, 0.1) is 0 Å². The molecule has 1 saturated carbocycles. The lowest BCUT2D eigenvalue weighted by atomic mass is 9.92.